The maximum absolute atomic E-state index is 13.7. The van der Waals surface area contributed by atoms with Crippen molar-refractivity contribution in [3.05, 3.63) is 48.7 Å². The molecule has 1 aromatic carbocycles. The van der Waals surface area contributed by atoms with Crippen molar-refractivity contribution in [3.63, 3.8) is 0 Å². The van der Waals surface area contributed by atoms with E-state index in [-0.39, 0.29) is 11.7 Å². The fraction of sp³-hybridized carbons (Fsp3) is 0.316. The number of benzene rings is 1. The van der Waals surface area contributed by atoms with Gasteiger partial charge in [-0.2, -0.15) is 0 Å². The van der Waals surface area contributed by atoms with Crippen molar-refractivity contribution in [2.45, 2.75) is 19.3 Å². The normalized spacial score (nSPS) is 14.1. The Morgan fingerprint density at radius 2 is 2.12 bits per heavy atom. The minimum absolute atomic E-state index is 0.165. The van der Waals surface area contributed by atoms with E-state index in [1.54, 1.807) is 24.7 Å². The predicted octanol–water partition coefficient (Wildman–Crippen LogP) is 2.96. The van der Waals surface area contributed by atoms with E-state index in [9.17, 15) is 9.18 Å². The van der Waals surface area contributed by atoms with Crippen LogP contribution in [0, 0.1) is 5.82 Å². The molecule has 1 amide bonds. The van der Waals surface area contributed by atoms with Crippen LogP contribution >= 0.6 is 0 Å². The molecule has 1 fully saturated rings. The molecule has 2 aromatic heterocycles. The van der Waals surface area contributed by atoms with E-state index < -0.39 is 0 Å². The summed E-state index contributed by atoms with van der Waals surface area (Å²) in [6, 6.07) is 6.34. The molecule has 3 aromatic rings. The van der Waals surface area contributed by atoms with Crippen LogP contribution in [0.25, 0.3) is 16.9 Å². The molecule has 0 aliphatic carbocycles. The summed E-state index contributed by atoms with van der Waals surface area (Å²) in [5.41, 5.74) is 1.99. The Morgan fingerprint density at radius 1 is 1.27 bits per heavy atom. The van der Waals surface area contributed by atoms with Gasteiger partial charge in [0.15, 0.2) is 5.65 Å². The highest BCUT2D eigenvalue weighted by Crippen LogP contribution is 2.28. The molecule has 0 atom stereocenters. The van der Waals surface area contributed by atoms with Crippen LogP contribution in [0.4, 0.5) is 10.2 Å². The van der Waals surface area contributed by atoms with Gasteiger partial charge < -0.3 is 10.2 Å². The smallest absolute Gasteiger partial charge is 0.224 e. The zero-order chi connectivity index (χ0) is 17.9. The molecule has 1 N–H and O–H groups in total. The van der Waals surface area contributed by atoms with E-state index in [2.05, 4.69) is 15.3 Å². The molecule has 0 unspecified atom stereocenters. The van der Waals surface area contributed by atoms with Crippen LogP contribution in [0.1, 0.15) is 19.3 Å². The van der Waals surface area contributed by atoms with Crippen molar-refractivity contribution < 1.29 is 9.18 Å². The number of anilines is 1. The fourth-order valence-corrected chi connectivity index (χ4v) is 3.33. The molecule has 6 nitrogen and oxygen atoms in total. The predicted molar refractivity (Wildman–Crippen MR) is 97.3 cm³/mol. The van der Waals surface area contributed by atoms with Gasteiger partial charge in [0.05, 0.1) is 6.20 Å². The van der Waals surface area contributed by atoms with Crippen LogP contribution in [0.2, 0.25) is 0 Å². The molecule has 7 heteroatoms. The fourth-order valence-electron chi connectivity index (χ4n) is 3.33. The van der Waals surface area contributed by atoms with Gasteiger partial charge in [0.25, 0.3) is 0 Å². The molecule has 0 spiro atoms. The number of amides is 1. The van der Waals surface area contributed by atoms with E-state index in [1.165, 1.54) is 12.1 Å². The highest BCUT2D eigenvalue weighted by Gasteiger charge is 2.18. The molecule has 0 bridgehead atoms. The highest BCUT2D eigenvalue weighted by atomic mass is 19.1. The summed E-state index contributed by atoms with van der Waals surface area (Å²) in [6.07, 6.45) is 7.72. The second kappa shape index (κ2) is 7.11. The number of nitrogens with zero attached hydrogens (tertiary/aromatic N) is 4. The van der Waals surface area contributed by atoms with Crippen LogP contribution in [0.3, 0.4) is 0 Å². The van der Waals surface area contributed by atoms with Gasteiger partial charge in [-0.05, 0) is 25.0 Å². The summed E-state index contributed by atoms with van der Waals surface area (Å²) >= 11 is 0. The van der Waals surface area contributed by atoms with Gasteiger partial charge in [0.1, 0.15) is 17.3 Å². The molecule has 1 aliphatic heterocycles. The first-order chi connectivity index (χ1) is 12.7. The van der Waals surface area contributed by atoms with E-state index in [1.807, 2.05) is 15.4 Å². The number of likely N-dealkylation sites (tertiary alicyclic amines) is 1. The van der Waals surface area contributed by atoms with Gasteiger partial charge in [0, 0.05) is 44.0 Å². The largest absolute Gasteiger partial charge is 0.369 e. The number of halogens is 1. The maximum Gasteiger partial charge on any atom is 0.224 e. The first kappa shape index (κ1) is 16.5. The Morgan fingerprint density at radius 3 is 2.92 bits per heavy atom. The monoisotopic (exact) mass is 353 g/mol. The quantitative estimate of drug-likeness (QED) is 0.766. The van der Waals surface area contributed by atoms with Gasteiger partial charge in [-0.15, -0.1) is 0 Å². The average Bonchev–Trinajstić information content (AvgIpc) is 3.30. The summed E-state index contributed by atoms with van der Waals surface area (Å²) < 4.78 is 15.5. The molecule has 4 rings (SSSR count). The van der Waals surface area contributed by atoms with Crippen LogP contribution < -0.4 is 5.32 Å². The SMILES string of the molecule is O=C(CCNc1c(-c2cccc(F)c2)nc2cnccn12)N1CCCC1. The molecule has 26 heavy (non-hydrogen) atoms. The van der Waals surface area contributed by atoms with Crippen molar-refractivity contribution in [2.24, 2.45) is 0 Å². The van der Waals surface area contributed by atoms with E-state index >= 15 is 0 Å². The maximum atomic E-state index is 13.7. The van der Waals surface area contributed by atoms with E-state index in [0.717, 1.165) is 31.7 Å². The number of nitrogens with one attached hydrogen (secondary N) is 1. The number of carbonyl (C=O) groups is 1. The third-order valence-electron chi connectivity index (χ3n) is 4.62. The van der Waals surface area contributed by atoms with Crippen LogP contribution in [0.5, 0.6) is 0 Å². The highest BCUT2D eigenvalue weighted by molar-refractivity contribution is 5.79. The Bertz CT molecular complexity index is 933. The Labute approximate surface area is 150 Å². The Balaban J connectivity index is 1.58. The lowest BCUT2D eigenvalue weighted by Gasteiger charge is -2.15. The first-order valence-corrected chi connectivity index (χ1v) is 8.82. The molecule has 0 saturated carbocycles. The number of carbonyl (C=O) groups excluding carboxylic acids is 1. The Hall–Kier alpha value is -2.96. The molecule has 134 valence electrons. The van der Waals surface area contributed by atoms with E-state index in [0.29, 0.717) is 29.9 Å². The number of aromatic nitrogens is 3. The lowest BCUT2D eigenvalue weighted by Crippen LogP contribution is -2.29. The molecule has 1 saturated heterocycles. The standard InChI is InChI=1S/C19H20FN5O/c20-15-5-3-4-14(12-15)18-19(25-11-8-21-13-16(25)23-18)22-7-6-17(26)24-9-1-2-10-24/h3-5,8,11-13,22H,1-2,6-7,9-10H2. The van der Waals surface area contributed by atoms with Crippen LogP contribution in [-0.4, -0.2) is 44.8 Å². The van der Waals surface area contributed by atoms with Crippen molar-refractivity contribution in [3.8, 4) is 11.3 Å². The zero-order valence-corrected chi connectivity index (χ0v) is 14.4. The van der Waals surface area contributed by atoms with E-state index in [4.69, 9.17) is 0 Å². The summed E-state index contributed by atoms with van der Waals surface area (Å²) in [6.45, 7) is 2.21. The number of fused-ring (bicyclic) bond motifs is 1. The number of rotatable bonds is 5. The third-order valence-corrected chi connectivity index (χ3v) is 4.62. The topological polar surface area (TPSA) is 62.5 Å². The van der Waals surface area contributed by atoms with Gasteiger partial charge in [-0.1, -0.05) is 12.1 Å². The van der Waals surface area contributed by atoms with Crippen molar-refractivity contribution in [1.29, 1.82) is 0 Å². The van der Waals surface area contributed by atoms with Gasteiger partial charge in [-0.3, -0.25) is 14.2 Å². The second-order valence-electron chi connectivity index (χ2n) is 6.39. The lowest BCUT2D eigenvalue weighted by atomic mass is 10.1. The van der Waals surface area contributed by atoms with Gasteiger partial charge in [0.2, 0.25) is 5.91 Å². The molecular formula is C19H20FN5O. The van der Waals surface area contributed by atoms with Crippen LogP contribution in [0.15, 0.2) is 42.9 Å². The zero-order valence-electron chi connectivity index (χ0n) is 14.4. The summed E-state index contributed by atoms with van der Waals surface area (Å²) in [5.74, 6) is 0.591. The third kappa shape index (κ3) is 3.24. The number of hydrogen-bond acceptors (Lipinski definition) is 4. The van der Waals surface area contributed by atoms with Crippen molar-refractivity contribution in [1.82, 2.24) is 19.3 Å². The van der Waals surface area contributed by atoms with Crippen molar-refractivity contribution >= 4 is 17.4 Å². The molecule has 1 aliphatic rings. The van der Waals surface area contributed by atoms with Gasteiger partial charge in [-0.25, -0.2) is 9.37 Å². The minimum atomic E-state index is -0.312. The minimum Gasteiger partial charge on any atom is -0.369 e. The summed E-state index contributed by atoms with van der Waals surface area (Å²) in [5, 5.41) is 3.31. The number of hydrogen-bond donors (Lipinski definition) is 1. The lowest BCUT2D eigenvalue weighted by molar-refractivity contribution is -0.129. The first-order valence-electron chi connectivity index (χ1n) is 8.82. The molecule has 0 radical (unpaired) electrons. The van der Waals surface area contributed by atoms with Crippen molar-refractivity contribution in [2.75, 3.05) is 25.0 Å². The van der Waals surface area contributed by atoms with Gasteiger partial charge >= 0.3 is 0 Å². The average molecular weight is 353 g/mol. The Kier molecular flexibility index (Phi) is 4.51. The van der Waals surface area contributed by atoms with Crippen LogP contribution in [-0.2, 0) is 4.79 Å². The second-order valence-corrected chi connectivity index (χ2v) is 6.39. The molecular weight excluding hydrogens is 333 g/mol. The molecule has 3 heterocycles. The number of imidazole rings is 1. The summed E-state index contributed by atoms with van der Waals surface area (Å²) in [4.78, 5) is 22.8. The summed E-state index contributed by atoms with van der Waals surface area (Å²) in [7, 11) is 0.